The van der Waals surface area contributed by atoms with Crippen molar-refractivity contribution in [1.82, 2.24) is 4.90 Å². The van der Waals surface area contributed by atoms with Crippen molar-refractivity contribution >= 4 is 41.7 Å². The minimum Gasteiger partial charge on any atom is -0.332 e. The molecule has 0 aromatic heterocycles. The molecule has 0 heterocycles. The zero-order chi connectivity index (χ0) is 17.4. The molecule has 1 aromatic carbocycles. The Morgan fingerprint density at radius 3 is 2.38 bits per heavy atom. The maximum absolute atomic E-state index is 12.3. The number of halogens is 1. The number of anilines is 1. The number of likely N-dealkylation sites (N-methyl/N-ethyl adjacent to an activating group) is 1. The number of carbonyl (C=O) groups is 2. The molecule has 0 unspecified atom stereocenters. The van der Waals surface area contributed by atoms with Gasteiger partial charge in [-0.05, 0) is 50.3 Å². The smallest absolute Gasteiger partial charge is 0.244 e. The second-order valence-electron chi connectivity index (χ2n) is 5.56. The predicted octanol–water partition coefficient (Wildman–Crippen LogP) is 2.59. The van der Waals surface area contributed by atoms with Crippen LogP contribution in [-0.2, 0) is 9.59 Å². The number of aryl methyl sites for hydroxylation is 2. The van der Waals surface area contributed by atoms with Crippen molar-refractivity contribution in [3.8, 4) is 0 Å². The van der Waals surface area contributed by atoms with Crippen LogP contribution in [0.1, 0.15) is 24.5 Å². The molecule has 1 rings (SSSR count). The summed E-state index contributed by atoms with van der Waals surface area (Å²) in [7, 11) is 0. The average molecular weight is 374 g/mol. The number of carbonyl (C=O) groups excluding carboxylic acids is 2. The van der Waals surface area contributed by atoms with E-state index in [1.807, 2.05) is 45.2 Å². The summed E-state index contributed by atoms with van der Waals surface area (Å²) in [5, 5.41) is 2.90. The lowest BCUT2D eigenvalue weighted by Gasteiger charge is -2.24. The summed E-state index contributed by atoms with van der Waals surface area (Å²) in [5.74, 6) is 0.465. The fraction of sp³-hybridized carbons (Fsp3) is 0.529. The van der Waals surface area contributed by atoms with E-state index < -0.39 is 6.04 Å². The van der Waals surface area contributed by atoms with Crippen LogP contribution in [0.2, 0.25) is 0 Å². The van der Waals surface area contributed by atoms with Crippen LogP contribution in [0.3, 0.4) is 0 Å². The van der Waals surface area contributed by atoms with Crippen LogP contribution in [0.25, 0.3) is 0 Å². The topological polar surface area (TPSA) is 75.4 Å². The second-order valence-corrected chi connectivity index (χ2v) is 6.54. The van der Waals surface area contributed by atoms with Gasteiger partial charge >= 0.3 is 0 Å². The number of benzene rings is 1. The van der Waals surface area contributed by atoms with Crippen LogP contribution in [0, 0.1) is 13.8 Å². The molecule has 5 nitrogen and oxygen atoms in total. The van der Waals surface area contributed by atoms with Crippen molar-refractivity contribution in [1.29, 1.82) is 0 Å². The van der Waals surface area contributed by atoms with Gasteiger partial charge in [0.15, 0.2) is 0 Å². The van der Waals surface area contributed by atoms with Crippen molar-refractivity contribution in [3.63, 3.8) is 0 Å². The SMILES string of the molecule is CCN(CC(=O)Nc1c(C)cccc1C)C(=O)[C@@H](N)CCSC.Cl. The molecule has 0 bridgehead atoms. The molecule has 3 N–H and O–H groups in total. The molecule has 7 heteroatoms. The number of rotatable bonds is 8. The number of nitrogens with zero attached hydrogens (tertiary/aromatic N) is 1. The maximum Gasteiger partial charge on any atom is 0.244 e. The fourth-order valence-electron chi connectivity index (χ4n) is 2.31. The maximum atomic E-state index is 12.3. The first-order valence-corrected chi connectivity index (χ1v) is 9.19. The summed E-state index contributed by atoms with van der Waals surface area (Å²) in [4.78, 5) is 26.1. The van der Waals surface area contributed by atoms with Gasteiger partial charge in [-0.2, -0.15) is 11.8 Å². The van der Waals surface area contributed by atoms with E-state index in [2.05, 4.69) is 5.32 Å². The molecule has 24 heavy (non-hydrogen) atoms. The summed E-state index contributed by atoms with van der Waals surface area (Å²) in [6, 6.07) is 5.30. The first kappa shape index (κ1) is 22.8. The first-order valence-electron chi connectivity index (χ1n) is 7.80. The second kappa shape index (κ2) is 11.3. The predicted molar refractivity (Wildman–Crippen MR) is 105 cm³/mol. The first-order chi connectivity index (χ1) is 10.9. The standard InChI is InChI=1S/C17H27N3O2S.ClH/c1-5-20(17(22)14(18)9-10-23-4)11-15(21)19-16-12(2)7-6-8-13(16)3;/h6-8,14H,5,9-11,18H2,1-4H3,(H,19,21);1H/t14-;/m0./s1. The number of hydrogen-bond donors (Lipinski definition) is 2. The third-order valence-electron chi connectivity index (χ3n) is 3.72. The Labute approximate surface area is 155 Å². The van der Waals surface area contributed by atoms with Crippen molar-refractivity contribution in [3.05, 3.63) is 29.3 Å². The summed E-state index contributed by atoms with van der Waals surface area (Å²) in [5.41, 5.74) is 8.74. The Kier molecular flexibility index (Phi) is 10.8. The van der Waals surface area contributed by atoms with Crippen molar-refractivity contribution in [2.24, 2.45) is 5.73 Å². The normalized spacial score (nSPS) is 11.4. The molecule has 0 saturated heterocycles. The molecule has 2 amide bonds. The van der Waals surface area contributed by atoms with Gasteiger partial charge in [-0.3, -0.25) is 9.59 Å². The highest BCUT2D eigenvalue weighted by Crippen LogP contribution is 2.19. The number of thioether (sulfide) groups is 1. The number of amides is 2. The largest absolute Gasteiger partial charge is 0.332 e. The van der Waals surface area contributed by atoms with Gasteiger partial charge in [-0.1, -0.05) is 18.2 Å². The van der Waals surface area contributed by atoms with E-state index in [9.17, 15) is 9.59 Å². The lowest BCUT2D eigenvalue weighted by molar-refractivity contribution is -0.135. The van der Waals surface area contributed by atoms with E-state index in [1.54, 1.807) is 11.8 Å². The molecule has 0 radical (unpaired) electrons. The Morgan fingerprint density at radius 2 is 1.88 bits per heavy atom. The number of nitrogens with two attached hydrogens (primary N) is 1. The van der Waals surface area contributed by atoms with Crippen LogP contribution in [0.5, 0.6) is 0 Å². The Balaban J connectivity index is 0.00000529. The molecular weight excluding hydrogens is 346 g/mol. The van der Waals surface area contributed by atoms with Gasteiger partial charge in [-0.25, -0.2) is 0 Å². The average Bonchev–Trinajstić information content (AvgIpc) is 2.53. The van der Waals surface area contributed by atoms with E-state index in [4.69, 9.17) is 5.73 Å². The molecular formula is C17H28ClN3O2S. The Bertz CT molecular complexity index is 534. The molecule has 1 atom stereocenters. The van der Waals surface area contributed by atoms with Crippen molar-refractivity contribution < 1.29 is 9.59 Å². The summed E-state index contributed by atoms with van der Waals surface area (Å²) < 4.78 is 0. The van der Waals surface area contributed by atoms with Crippen molar-refractivity contribution in [2.75, 3.05) is 30.4 Å². The Hall–Kier alpha value is -1.24. The molecule has 0 fully saturated rings. The highest BCUT2D eigenvalue weighted by atomic mass is 35.5. The summed E-state index contributed by atoms with van der Waals surface area (Å²) in [6.07, 6.45) is 2.60. The van der Waals surface area contributed by atoms with Gasteiger partial charge in [0.2, 0.25) is 11.8 Å². The fourth-order valence-corrected chi connectivity index (χ4v) is 2.80. The molecule has 0 spiro atoms. The van der Waals surface area contributed by atoms with Crippen LogP contribution in [0.15, 0.2) is 18.2 Å². The summed E-state index contributed by atoms with van der Waals surface area (Å²) in [6.45, 7) is 6.24. The van der Waals surface area contributed by atoms with Crippen molar-refractivity contribution in [2.45, 2.75) is 33.2 Å². The molecule has 1 aromatic rings. The van der Waals surface area contributed by atoms with Crippen LogP contribution >= 0.6 is 24.2 Å². The van der Waals surface area contributed by atoms with Gasteiger partial charge in [-0.15, -0.1) is 12.4 Å². The van der Waals surface area contributed by atoms with E-state index >= 15 is 0 Å². The lowest BCUT2D eigenvalue weighted by atomic mass is 10.1. The van der Waals surface area contributed by atoms with E-state index in [0.29, 0.717) is 13.0 Å². The molecule has 0 aliphatic carbocycles. The van der Waals surface area contributed by atoms with Gasteiger partial charge in [0, 0.05) is 12.2 Å². The number of hydrogen-bond acceptors (Lipinski definition) is 4. The minimum atomic E-state index is -0.546. The summed E-state index contributed by atoms with van der Waals surface area (Å²) >= 11 is 1.66. The van der Waals surface area contributed by atoms with E-state index in [0.717, 1.165) is 22.6 Å². The molecule has 0 aliphatic heterocycles. The van der Waals surface area contributed by atoms with E-state index in [-0.39, 0.29) is 30.8 Å². The highest BCUT2D eigenvalue weighted by molar-refractivity contribution is 7.98. The molecule has 0 saturated carbocycles. The Morgan fingerprint density at radius 1 is 1.29 bits per heavy atom. The monoisotopic (exact) mass is 373 g/mol. The third kappa shape index (κ3) is 6.71. The molecule has 136 valence electrons. The zero-order valence-corrected chi connectivity index (χ0v) is 16.4. The van der Waals surface area contributed by atoms with Crippen LogP contribution in [0.4, 0.5) is 5.69 Å². The highest BCUT2D eigenvalue weighted by Gasteiger charge is 2.22. The zero-order valence-electron chi connectivity index (χ0n) is 14.8. The quantitative estimate of drug-likeness (QED) is 0.734. The molecule has 0 aliphatic rings. The van der Waals surface area contributed by atoms with Gasteiger partial charge < -0.3 is 16.0 Å². The van der Waals surface area contributed by atoms with Gasteiger partial charge in [0.1, 0.15) is 0 Å². The van der Waals surface area contributed by atoms with Crippen LogP contribution in [-0.4, -0.2) is 47.9 Å². The minimum absolute atomic E-state index is 0. The number of para-hydroxylation sites is 1. The van der Waals surface area contributed by atoms with E-state index in [1.165, 1.54) is 4.90 Å². The number of nitrogens with one attached hydrogen (secondary N) is 1. The van der Waals surface area contributed by atoms with Gasteiger partial charge in [0.25, 0.3) is 0 Å². The lowest BCUT2D eigenvalue weighted by Crippen LogP contribution is -2.47. The van der Waals surface area contributed by atoms with Gasteiger partial charge in [0.05, 0.1) is 12.6 Å². The van der Waals surface area contributed by atoms with Crippen LogP contribution < -0.4 is 11.1 Å². The third-order valence-corrected chi connectivity index (χ3v) is 4.37.